The number of hydrogen-bond donors (Lipinski definition) is 0. The molecule has 0 saturated heterocycles. The van der Waals surface area contributed by atoms with Crippen LogP contribution in [-0.2, 0) is 6.54 Å². The van der Waals surface area contributed by atoms with Crippen molar-refractivity contribution >= 4 is 11.5 Å². The van der Waals surface area contributed by atoms with Crippen molar-refractivity contribution in [1.82, 2.24) is 0 Å². The van der Waals surface area contributed by atoms with Gasteiger partial charge in [-0.15, -0.1) is 0 Å². The summed E-state index contributed by atoms with van der Waals surface area (Å²) in [5, 5.41) is 0. The van der Waals surface area contributed by atoms with Crippen LogP contribution in [0.1, 0.15) is 29.3 Å². The maximum atomic E-state index is 11.7. The van der Waals surface area contributed by atoms with Gasteiger partial charge < -0.3 is 9.64 Å². The third kappa shape index (κ3) is 2.92. The van der Waals surface area contributed by atoms with Gasteiger partial charge in [0.2, 0.25) is 0 Å². The molecule has 2 aromatic carbocycles. The number of carbonyl (C=O) groups excluding carboxylic acids is 1. The van der Waals surface area contributed by atoms with E-state index in [0.717, 1.165) is 30.1 Å². The van der Waals surface area contributed by atoms with Gasteiger partial charge in [0, 0.05) is 29.8 Å². The average molecular weight is 281 g/mol. The van der Waals surface area contributed by atoms with Gasteiger partial charge in [-0.3, -0.25) is 4.79 Å². The summed E-state index contributed by atoms with van der Waals surface area (Å²) in [4.78, 5) is 14.0. The zero-order chi connectivity index (χ0) is 14.7. The van der Waals surface area contributed by atoms with E-state index in [-0.39, 0.29) is 5.78 Å². The number of hydrogen-bond acceptors (Lipinski definition) is 3. The highest BCUT2D eigenvalue weighted by atomic mass is 16.5. The molecule has 0 bridgehead atoms. The molecule has 0 N–H and O–H groups in total. The zero-order valence-corrected chi connectivity index (χ0v) is 12.2. The first-order valence-corrected chi connectivity index (χ1v) is 7.37. The summed E-state index contributed by atoms with van der Waals surface area (Å²) in [5.41, 5.74) is 3.11. The van der Waals surface area contributed by atoms with Crippen molar-refractivity contribution in [1.29, 1.82) is 0 Å². The lowest BCUT2D eigenvalue weighted by molar-refractivity contribution is 0.0988. The lowest BCUT2D eigenvalue weighted by atomic mass is 10.1. The Morgan fingerprint density at radius 3 is 2.67 bits per heavy atom. The van der Waals surface area contributed by atoms with Crippen molar-refractivity contribution in [3.63, 3.8) is 0 Å². The predicted octanol–water partition coefficient (Wildman–Crippen LogP) is 3.68. The monoisotopic (exact) mass is 281 g/mol. The zero-order valence-electron chi connectivity index (χ0n) is 12.2. The Hall–Kier alpha value is -2.29. The Morgan fingerprint density at radius 2 is 1.90 bits per heavy atom. The number of ether oxygens (including phenoxy) is 1. The first-order chi connectivity index (χ1) is 10.3. The number of anilines is 1. The van der Waals surface area contributed by atoms with Gasteiger partial charge in [-0.2, -0.15) is 0 Å². The van der Waals surface area contributed by atoms with Crippen LogP contribution in [0.15, 0.2) is 48.5 Å². The van der Waals surface area contributed by atoms with Crippen molar-refractivity contribution in [2.24, 2.45) is 0 Å². The van der Waals surface area contributed by atoms with E-state index >= 15 is 0 Å². The fraction of sp³-hybridized carbons (Fsp3) is 0.278. The molecule has 108 valence electrons. The van der Waals surface area contributed by atoms with E-state index in [1.54, 1.807) is 0 Å². The van der Waals surface area contributed by atoms with Crippen molar-refractivity contribution < 1.29 is 9.53 Å². The highest BCUT2D eigenvalue weighted by molar-refractivity contribution is 5.96. The second kappa shape index (κ2) is 6.00. The van der Waals surface area contributed by atoms with Gasteiger partial charge >= 0.3 is 0 Å². The minimum Gasteiger partial charge on any atom is -0.491 e. The number of nitrogens with zero attached hydrogens (tertiary/aromatic N) is 1. The van der Waals surface area contributed by atoms with Gasteiger partial charge in [-0.05, 0) is 30.3 Å². The van der Waals surface area contributed by atoms with Crippen LogP contribution in [0.5, 0.6) is 5.75 Å². The molecule has 0 aliphatic carbocycles. The fourth-order valence-corrected chi connectivity index (χ4v) is 2.61. The molecule has 1 aliphatic heterocycles. The van der Waals surface area contributed by atoms with Crippen LogP contribution in [0.25, 0.3) is 0 Å². The van der Waals surface area contributed by atoms with Crippen molar-refractivity contribution in [3.05, 3.63) is 59.7 Å². The van der Waals surface area contributed by atoms with Crippen LogP contribution >= 0.6 is 0 Å². The van der Waals surface area contributed by atoms with Crippen LogP contribution in [0.3, 0.4) is 0 Å². The van der Waals surface area contributed by atoms with Crippen LogP contribution in [0.4, 0.5) is 5.69 Å². The topological polar surface area (TPSA) is 29.5 Å². The SMILES string of the molecule is CCC(=O)c1ccc(N2CCOc3ccccc3C2)cc1. The van der Waals surface area contributed by atoms with E-state index < -0.39 is 0 Å². The third-order valence-corrected chi connectivity index (χ3v) is 3.83. The van der Waals surface area contributed by atoms with Gasteiger partial charge in [0.15, 0.2) is 5.78 Å². The molecule has 0 radical (unpaired) electrons. The summed E-state index contributed by atoms with van der Waals surface area (Å²) >= 11 is 0. The second-order valence-electron chi connectivity index (χ2n) is 5.20. The first-order valence-electron chi connectivity index (χ1n) is 7.37. The van der Waals surface area contributed by atoms with Gasteiger partial charge in [0.1, 0.15) is 12.4 Å². The van der Waals surface area contributed by atoms with E-state index in [2.05, 4.69) is 11.0 Å². The molecule has 2 aromatic rings. The Kier molecular flexibility index (Phi) is 3.91. The molecule has 0 fully saturated rings. The Balaban J connectivity index is 1.82. The number of benzene rings is 2. The van der Waals surface area contributed by atoms with Crippen molar-refractivity contribution in [3.8, 4) is 5.75 Å². The largest absolute Gasteiger partial charge is 0.491 e. The smallest absolute Gasteiger partial charge is 0.162 e. The molecule has 3 rings (SSSR count). The number of rotatable bonds is 3. The highest BCUT2D eigenvalue weighted by Gasteiger charge is 2.15. The maximum Gasteiger partial charge on any atom is 0.162 e. The van der Waals surface area contributed by atoms with E-state index in [1.165, 1.54) is 5.56 Å². The van der Waals surface area contributed by atoms with E-state index in [0.29, 0.717) is 13.0 Å². The Morgan fingerprint density at radius 1 is 1.14 bits per heavy atom. The third-order valence-electron chi connectivity index (χ3n) is 3.83. The van der Waals surface area contributed by atoms with Crippen molar-refractivity contribution in [2.75, 3.05) is 18.1 Å². The minimum absolute atomic E-state index is 0.186. The minimum atomic E-state index is 0.186. The molecule has 0 spiro atoms. The summed E-state index contributed by atoms with van der Waals surface area (Å²) < 4.78 is 5.78. The van der Waals surface area contributed by atoms with E-state index in [4.69, 9.17) is 4.74 Å². The molecule has 3 heteroatoms. The molecule has 21 heavy (non-hydrogen) atoms. The number of fused-ring (bicyclic) bond motifs is 1. The van der Waals surface area contributed by atoms with Crippen molar-refractivity contribution in [2.45, 2.75) is 19.9 Å². The number of ketones is 1. The van der Waals surface area contributed by atoms with Gasteiger partial charge in [0.25, 0.3) is 0 Å². The van der Waals surface area contributed by atoms with E-state index in [9.17, 15) is 4.79 Å². The molecule has 0 saturated carbocycles. The van der Waals surface area contributed by atoms with Gasteiger partial charge in [0.05, 0.1) is 6.54 Å². The lowest BCUT2D eigenvalue weighted by Crippen LogP contribution is -2.25. The number of carbonyl (C=O) groups is 1. The Labute approximate surface area is 125 Å². The van der Waals surface area contributed by atoms with Crippen LogP contribution in [-0.4, -0.2) is 18.9 Å². The van der Waals surface area contributed by atoms with Crippen LogP contribution in [0.2, 0.25) is 0 Å². The summed E-state index contributed by atoms with van der Waals surface area (Å²) in [6.45, 7) is 4.24. The highest BCUT2D eigenvalue weighted by Crippen LogP contribution is 2.26. The molecule has 3 nitrogen and oxygen atoms in total. The molecule has 0 unspecified atom stereocenters. The lowest BCUT2D eigenvalue weighted by Gasteiger charge is -2.22. The molecule has 1 aliphatic rings. The van der Waals surface area contributed by atoms with Crippen LogP contribution < -0.4 is 9.64 Å². The molecule has 0 amide bonds. The number of para-hydroxylation sites is 1. The molecule has 1 heterocycles. The molecule has 0 atom stereocenters. The summed E-state index contributed by atoms with van der Waals surface area (Å²) in [6, 6.07) is 16.0. The Bertz CT molecular complexity index is 634. The summed E-state index contributed by atoms with van der Waals surface area (Å²) in [6.07, 6.45) is 0.546. The molecular formula is C18H19NO2. The van der Waals surface area contributed by atoms with Crippen LogP contribution in [0, 0.1) is 0 Å². The molecular weight excluding hydrogens is 262 g/mol. The quantitative estimate of drug-likeness (QED) is 0.804. The second-order valence-corrected chi connectivity index (χ2v) is 5.20. The normalized spacial score (nSPS) is 14.0. The standard InChI is InChI=1S/C18H19NO2/c1-2-17(20)14-7-9-16(10-8-14)19-11-12-21-18-6-4-3-5-15(18)13-19/h3-10H,2,11-13H2,1H3. The molecule has 0 aromatic heterocycles. The van der Waals surface area contributed by atoms with E-state index in [1.807, 2.05) is 49.4 Å². The summed E-state index contributed by atoms with van der Waals surface area (Å²) in [5.74, 6) is 1.16. The first kappa shape index (κ1) is 13.7. The predicted molar refractivity (Wildman–Crippen MR) is 84.1 cm³/mol. The van der Waals surface area contributed by atoms with Gasteiger partial charge in [-0.1, -0.05) is 25.1 Å². The fourth-order valence-electron chi connectivity index (χ4n) is 2.61. The number of Topliss-reactive ketones (excluding diaryl/α,β-unsaturated/α-hetero) is 1. The average Bonchev–Trinajstić information content (AvgIpc) is 2.76. The maximum absolute atomic E-state index is 11.7. The van der Waals surface area contributed by atoms with Gasteiger partial charge in [-0.25, -0.2) is 0 Å². The summed E-state index contributed by atoms with van der Waals surface area (Å²) in [7, 11) is 0.